The molecule has 2 atom stereocenters. The van der Waals surface area contributed by atoms with E-state index >= 15 is 0 Å². The van der Waals surface area contributed by atoms with Gasteiger partial charge in [0.05, 0.1) is 18.6 Å². The lowest BCUT2D eigenvalue weighted by Crippen LogP contribution is -2.36. The standard InChI is InChI=1S/C28H39NO3/c1-5-31-27(30)22-10-12-29(13-11-22)19-21-6-7-24-16-25(9-8-23(24)15-21)32-26-14-20(2)17-28(3,4)18-26/h6-9,15-16,20,22,26H,5,10-14,17-19H2,1-4H3. The summed E-state index contributed by atoms with van der Waals surface area (Å²) < 4.78 is 11.6. The first kappa shape index (κ1) is 23.1. The predicted molar refractivity (Wildman–Crippen MR) is 130 cm³/mol. The van der Waals surface area contributed by atoms with Crippen LogP contribution in [0.5, 0.6) is 5.75 Å². The molecular weight excluding hydrogens is 398 g/mol. The Labute approximate surface area is 193 Å². The largest absolute Gasteiger partial charge is 0.490 e. The number of carbonyl (C=O) groups excluding carboxylic acids is 1. The van der Waals surface area contributed by atoms with E-state index in [0.717, 1.165) is 51.1 Å². The quantitative estimate of drug-likeness (QED) is 0.504. The van der Waals surface area contributed by atoms with Crippen LogP contribution in [0.4, 0.5) is 0 Å². The van der Waals surface area contributed by atoms with Crippen molar-refractivity contribution >= 4 is 16.7 Å². The van der Waals surface area contributed by atoms with Crippen LogP contribution in [0.25, 0.3) is 10.8 Å². The van der Waals surface area contributed by atoms with Gasteiger partial charge in [-0.15, -0.1) is 0 Å². The molecule has 4 rings (SSSR count). The summed E-state index contributed by atoms with van der Waals surface area (Å²) in [7, 11) is 0. The van der Waals surface area contributed by atoms with Gasteiger partial charge in [-0.2, -0.15) is 0 Å². The summed E-state index contributed by atoms with van der Waals surface area (Å²) in [5.74, 6) is 1.75. The number of likely N-dealkylation sites (tertiary alicyclic amines) is 1. The molecule has 4 heteroatoms. The van der Waals surface area contributed by atoms with Crippen molar-refractivity contribution in [2.45, 2.75) is 72.4 Å². The van der Waals surface area contributed by atoms with Gasteiger partial charge in [0.15, 0.2) is 0 Å². The monoisotopic (exact) mass is 437 g/mol. The van der Waals surface area contributed by atoms with E-state index < -0.39 is 0 Å². The number of ether oxygens (including phenoxy) is 2. The minimum absolute atomic E-state index is 0.0258. The molecule has 1 heterocycles. The summed E-state index contributed by atoms with van der Waals surface area (Å²) in [6.07, 6.45) is 5.65. The molecule has 2 unspecified atom stereocenters. The van der Waals surface area contributed by atoms with Gasteiger partial charge in [-0.25, -0.2) is 0 Å². The fraction of sp³-hybridized carbons (Fsp3) is 0.607. The van der Waals surface area contributed by atoms with Crippen molar-refractivity contribution in [3.63, 3.8) is 0 Å². The summed E-state index contributed by atoms with van der Waals surface area (Å²) >= 11 is 0. The molecule has 0 N–H and O–H groups in total. The van der Waals surface area contributed by atoms with E-state index in [1.807, 2.05) is 6.92 Å². The number of benzene rings is 2. The van der Waals surface area contributed by atoms with Gasteiger partial charge in [0.25, 0.3) is 0 Å². The van der Waals surface area contributed by atoms with E-state index in [-0.39, 0.29) is 11.9 Å². The Kier molecular flexibility index (Phi) is 7.09. The average Bonchev–Trinajstić information content (AvgIpc) is 2.73. The molecule has 1 saturated carbocycles. The van der Waals surface area contributed by atoms with E-state index in [2.05, 4.69) is 62.1 Å². The zero-order chi connectivity index (χ0) is 22.7. The third-order valence-corrected chi connectivity index (χ3v) is 7.14. The maximum absolute atomic E-state index is 12.0. The fourth-order valence-corrected chi connectivity index (χ4v) is 5.83. The zero-order valence-corrected chi connectivity index (χ0v) is 20.2. The van der Waals surface area contributed by atoms with Crippen LogP contribution in [0.2, 0.25) is 0 Å². The van der Waals surface area contributed by atoms with Gasteiger partial charge in [0, 0.05) is 6.54 Å². The molecular formula is C28H39NO3. The molecule has 2 aliphatic rings. The smallest absolute Gasteiger partial charge is 0.309 e. The minimum Gasteiger partial charge on any atom is -0.490 e. The number of hydrogen-bond acceptors (Lipinski definition) is 4. The Hall–Kier alpha value is -2.07. The molecule has 0 amide bonds. The molecule has 1 aliphatic heterocycles. The summed E-state index contributed by atoms with van der Waals surface area (Å²) in [6.45, 7) is 12.2. The van der Waals surface area contributed by atoms with Crippen molar-refractivity contribution in [3.05, 3.63) is 42.0 Å². The summed E-state index contributed by atoms with van der Waals surface area (Å²) in [5.41, 5.74) is 1.68. The number of esters is 1. The Balaban J connectivity index is 1.36. The Morgan fingerprint density at radius 3 is 2.50 bits per heavy atom. The summed E-state index contributed by atoms with van der Waals surface area (Å²) in [6, 6.07) is 13.3. The normalized spacial score (nSPS) is 24.4. The number of carbonyl (C=O) groups is 1. The van der Waals surface area contributed by atoms with Crippen LogP contribution in [-0.4, -0.2) is 36.7 Å². The van der Waals surface area contributed by atoms with Gasteiger partial charge in [0.1, 0.15) is 5.75 Å². The maximum Gasteiger partial charge on any atom is 0.309 e. The predicted octanol–water partition coefficient (Wildman–Crippen LogP) is 6.21. The van der Waals surface area contributed by atoms with Crippen molar-refractivity contribution in [1.82, 2.24) is 4.90 Å². The highest BCUT2D eigenvalue weighted by Gasteiger charge is 2.33. The van der Waals surface area contributed by atoms with Crippen LogP contribution >= 0.6 is 0 Å². The lowest BCUT2D eigenvalue weighted by Gasteiger charge is -2.38. The number of rotatable bonds is 6. The minimum atomic E-state index is -0.0258. The SMILES string of the molecule is CCOC(=O)C1CCN(Cc2ccc3cc(OC4CC(C)CC(C)(C)C4)ccc3c2)CC1. The Morgan fingerprint density at radius 2 is 1.78 bits per heavy atom. The molecule has 0 aromatic heterocycles. The van der Waals surface area contributed by atoms with Gasteiger partial charge in [-0.1, -0.05) is 39.0 Å². The third kappa shape index (κ3) is 5.83. The molecule has 0 bridgehead atoms. The van der Waals surface area contributed by atoms with Crippen LogP contribution in [0.3, 0.4) is 0 Å². The van der Waals surface area contributed by atoms with Gasteiger partial charge in [-0.3, -0.25) is 9.69 Å². The second kappa shape index (κ2) is 9.82. The maximum atomic E-state index is 12.0. The Bertz CT molecular complexity index is 929. The van der Waals surface area contributed by atoms with Gasteiger partial charge in [-0.05, 0) is 98.0 Å². The molecule has 4 nitrogen and oxygen atoms in total. The Morgan fingerprint density at radius 1 is 1.06 bits per heavy atom. The molecule has 0 spiro atoms. The molecule has 1 saturated heterocycles. The molecule has 2 fully saturated rings. The van der Waals surface area contributed by atoms with E-state index in [1.54, 1.807) is 0 Å². The van der Waals surface area contributed by atoms with Crippen molar-refractivity contribution < 1.29 is 14.3 Å². The molecule has 2 aromatic carbocycles. The summed E-state index contributed by atoms with van der Waals surface area (Å²) in [5, 5.41) is 2.49. The number of nitrogens with zero attached hydrogens (tertiary/aromatic N) is 1. The van der Waals surface area contributed by atoms with Gasteiger partial charge >= 0.3 is 5.97 Å². The highest BCUT2D eigenvalue weighted by atomic mass is 16.5. The van der Waals surface area contributed by atoms with Crippen LogP contribution in [-0.2, 0) is 16.1 Å². The van der Waals surface area contributed by atoms with E-state index in [4.69, 9.17) is 9.47 Å². The van der Waals surface area contributed by atoms with Gasteiger partial charge in [0.2, 0.25) is 0 Å². The van der Waals surface area contributed by atoms with Crippen molar-refractivity contribution in [2.24, 2.45) is 17.3 Å². The van der Waals surface area contributed by atoms with E-state index in [1.165, 1.54) is 22.8 Å². The second-order valence-electron chi connectivity index (χ2n) is 10.8. The first-order chi connectivity index (χ1) is 15.3. The van der Waals surface area contributed by atoms with Gasteiger partial charge < -0.3 is 9.47 Å². The molecule has 174 valence electrons. The van der Waals surface area contributed by atoms with Crippen molar-refractivity contribution in [2.75, 3.05) is 19.7 Å². The lowest BCUT2D eigenvalue weighted by atomic mass is 9.71. The highest BCUT2D eigenvalue weighted by molar-refractivity contribution is 5.84. The number of piperidine rings is 1. The molecule has 1 aliphatic carbocycles. The van der Waals surface area contributed by atoms with Crippen LogP contribution in [0, 0.1) is 17.3 Å². The van der Waals surface area contributed by atoms with Crippen LogP contribution < -0.4 is 4.74 Å². The van der Waals surface area contributed by atoms with Crippen LogP contribution in [0.1, 0.15) is 65.4 Å². The molecule has 0 radical (unpaired) electrons. The number of fused-ring (bicyclic) bond motifs is 1. The lowest BCUT2D eigenvalue weighted by molar-refractivity contribution is -0.149. The topological polar surface area (TPSA) is 38.8 Å². The van der Waals surface area contributed by atoms with E-state index in [0.29, 0.717) is 24.0 Å². The fourth-order valence-electron chi connectivity index (χ4n) is 5.83. The first-order valence-electron chi connectivity index (χ1n) is 12.4. The second-order valence-corrected chi connectivity index (χ2v) is 10.8. The zero-order valence-electron chi connectivity index (χ0n) is 20.2. The average molecular weight is 438 g/mol. The van der Waals surface area contributed by atoms with Crippen molar-refractivity contribution in [3.8, 4) is 5.75 Å². The van der Waals surface area contributed by atoms with E-state index in [9.17, 15) is 4.79 Å². The molecule has 2 aromatic rings. The first-order valence-corrected chi connectivity index (χ1v) is 12.4. The summed E-state index contributed by atoms with van der Waals surface area (Å²) in [4.78, 5) is 14.4. The highest BCUT2D eigenvalue weighted by Crippen LogP contribution is 2.40. The number of hydrogen-bond donors (Lipinski definition) is 0. The van der Waals surface area contributed by atoms with Crippen LogP contribution in [0.15, 0.2) is 36.4 Å². The molecule has 32 heavy (non-hydrogen) atoms. The third-order valence-electron chi connectivity index (χ3n) is 7.14. The van der Waals surface area contributed by atoms with Crippen molar-refractivity contribution in [1.29, 1.82) is 0 Å².